The minimum absolute atomic E-state index is 0.0000421. The van der Waals surface area contributed by atoms with Crippen LogP contribution in [-0.2, 0) is 0 Å². The van der Waals surface area contributed by atoms with Crippen LogP contribution >= 0.6 is 11.8 Å². The zero-order valence-electron chi connectivity index (χ0n) is 15.3. The lowest BCUT2D eigenvalue weighted by Gasteiger charge is -2.22. The molecule has 0 bridgehead atoms. The van der Waals surface area contributed by atoms with E-state index in [1.165, 1.54) is 30.4 Å². The summed E-state index contributed by atoms with van der Waals surface area (Å²) in [6.07, 6.45) is 5.27. The fourth-order valence-corrected chi connectivity index (χ4v) is 4.18. The normalized spacial score (nSPS) is 12.8. The smallest absolute Gasteiger partial charge is 0.275 e. The zero-order valence-corrected chi connectivity index (χ0v) is 16.1. The van der Waals surface area contributed by atoms with Crippen LogP contribution in [0.15, 0.2) is 70.8 Å². The number of rotatable bonds is 4. The van der Waals surface area contributed by atoms with E-state index in [2.05, 4.69) is 15.3 Å². The molecule has 6 nitrogen and oxygen atoms in total. The number of hydrogen-bond donors (Lipinski definition) is 1. The number of fused-ring (bicyclic) bond motifs is 2. The second-order valence-electron chi connectivity index (χ2n) is 6.28. The monoisotopic (exact) mass is 390 g/mol. The van der Waals surface area contributed by atoms with Gasteiger partial charge in [0.15, 0.2) is 0 Å². The first kappa shape index (κ1) is 18.2. The van der Waals surface area contributed by atoms with Crippen LogP contribution in [0.3, 0.4) is 0 Å². The van der Waals surface area contributed by atoms with Gasteiger partial charge in [-0.1, -0.05) is 30.8 Å². The first-order valence-electron chi connectivity index (χ1n) is 8.97. The van der Waals surface area contributed by atoms with Gasteiger partial charge in [-0.15, -0.1) is 0 Å². The molecular weight excluding hydrogens is 372 g/mol. The summed E-state index contributed by atoms with van der Waals surface area (Å²) in [5.74, 6) is -0.325. The average Bonchev–Trinajstić information content (AvgIpc) is 2.84. The van der Waals surface area contributed by atoms with Crippen molar-refractivity contribution in [2.75, 3.05) is 16.8 Å². The van der Waals surface area contributed by atoms with Gasteiger partial charge in [0.2, 0.25) is 0 Å². The van der Waals surface area contributed by atoms with Crippen molar-refractivity contribution in [3.05, 3.63) is 72.3 Å². The fraction of sp³-hybridized carbons (Fsp3) is 0.143. The molecule has 4 rings (SSSR count). The first-order chi connectivity index (χ1) is 13.7. The third-order valence-corrected chi connectivity index (χ3v) is 5.46. The highest BCUT2D eigenvalue weighted by molar-refractivity contribution is 7.99. The van der Waals surface area contributed by atoms with Crippen molar-refractivity contribution in [3.63, 3.8) is 0 Å². The predicted octanol–water partition coefficient (Wildman–Crippen LogP) is 4.25. The summed E-state index contributed by atoms with van der Waals surface area (Å²) < 4.78 is 0. The van der Waals surface area contributed by atoms with Crippen LogP contribution in [0.1, 0.15) is 34.2 Å². The number of benzene rings is 2. The van der Waals surface area contributed by atoms with Crippen molar-refractivity contribution in [2.24, 2.45) is 0 Å². The molecule has 2 amide bonds. The zero-order chi connectivity index (χ0) is 19.5. The Morgan fingerprint density at radius 3 is 2.79 bits per heavy atom. The molecule has 140 valence electrons. The summed E-state index contributed by atoms with van der Waals surface area (Å²) in [4.78, 5) is 37.0. The number of amides is 2. The fourth-order valence-electron chi connectivity index (χ4n) is 3.06. The first-order valence-corrected chi connectivity index (χ1v) is 9.79. The van der Waals surface area contributed by atoms with E-state index >= 15 is 0 Å². The molecule has 0 unspecified atom stereocenters. The molecule has 0 aliphatic carbocycles. The van der Waals surface area contributed by atoms with Gasteiger partial charge in [0.05, 0.1) is 17.4 Å². The van der Waals surface area contributed by atoms with Gasteiger partial charge in [0.1, 0.15) is 5.69 Å². The Morgan fingerprint density at radius 2 is 2.00 bits per heavy atom. The summed E-state index contributed by atoms with van der Waals surface area (Å²) in [5, 5.41) is 2.85. The maximum atomic E-state index is 13.1. The van der Waals surface area contributed by atoms with E-state index in [9.17, 15) is 9.59 Å². The van der Waals surface area contributed by atoms with Gasteiger partial charge in [0, 0.05) is 34.4 Å². The lowest BCUT2D eigenvalue weighted by molar-refractivity contribution is 0.0982. The maximum Gasteiger partial charge on any atom is 0.275 e. The summed E-state index contributed by atoms with van der Waals surface area (Å²) in [5.41, 5.74) is 2.44. The van der Waals surface area contributed by atoms with Crippen molar-refractivity contribution in [1.29, 1.82) is 0 Å². The highest BCUT2D eigenvalue weighted by Gasteiger charge is 2.27. The van der Waals surface area contributed by atoms with E-state index in [1.807, 2.05) is 48.2 Å². The number of nitrogens with one attached hydrogen (secondary N) is 1. The molecule has 1 aromatic heterocycles. The van der Waals surface area contributed by atoms with Gasteiger partial charge >= 0.3 is 0 Å². The van der Waals surface area contributed by atoms with Gasteiger partial charge in [0.25, 0.3) is 11.8 Å². The van der Waals surface area contributed by atoms with Crippen LogP contribution in [0, 0.1) is 0 Å². The number of carbonyl (C=O) groups is 2. The number of anilines is 2. The van der Waals surface area contributed by atoms with Crippen molar-refractivity contribution < 1.29 is 9.59 Å². The van der Waals surface area contributed by atoms with Gasteiger partial charge < -0.3 is 10.2 Å². The molecule has 3 aromatic rings. The molecular formula is C21H18N4O2S. The number of nitrogens with zero attached hydrogens (tertiary/aromatic N) is 3. The topological polar surface area (TPSA) is 75.2 Å². The van der Waals surface area contributed by atoms with Crippen molar-refractivity contribution in [3.8, 4) is 0 Å². The molecule has 0 fully saturated rings. The molecule has 0 spiro atoms. The molecule has 28 heavy (non-hydrogen) atoms. The van der Waals surface area contributed by atoms with E-state index in [4.69, 9.17) is 0 Å². The number of carbonyl (C=O) groups excluding carboxylic acids is 2. The van der Waals surface area contributed by atoms with Gasteiger partial charge in [-0.05, 0) is 36.8 Å². The Kier molecular flexibility index (Phi) is 5.08. The summed E-state index contributed by atoms with van der Waals surface area (Å²) >= 11 is 1.53. The average molecular weight is 390 g/mol. The molecule has 0 saturated carbocycles. The molecule has 1 aliphatic rings. The lowest BCUT2D eigenvalue weighted by Crippen LogP contribution is -2.31. The van der Waals surface area contributed by atoms with Crippen LogP contribution in [-0.4, -0.2) is 28.3 Å². The minimum atomic E-state index is -0.325. The van der Waals surface area contributed by atoms with Crippen molar-refractivity contribution in [1.82, 2.24) is 9.97 Å². The molecule has 1 aliphatic heterocycles. The van der Waals surface area contributed by atoms with Crippen molar-refractivity contribution in [2.45, 2.75) is 23.1 Å². The Morgan fingerprint density at radius 1 is 1.14 bits per heavy atom. The largest absolute Gasteiger partial charge is 0.321 e. The van der Waals surface area contributed by atoms with Crippen LogP contribution in [0.2, 0.25) is 0 Å². The quantitative estimate of drug-likeness (QED) is 0.721. The lowest BCUT2D eigenvalue weighted by atomic mass is 10.1. The molecule has 2 heterocycles. The summed E-state index contributed by atoms with van der Waals surface area (Å²) in [6.45, 7) is 2.68. The molecule has 0 atom stereocenters. The molecule has 7 heteroatoms. The van der Waals surface area contributed by atoms with E-state index in [-0.39, 0.29) is 17.5 Å². The molecule has 2 aromatic carbocycles. The van der Waals surface area contributed by atoms with Crippen LogP contribution < -0.4 is 10.2 Å². The second-order valence-corrected chi connectivity index (χ2v) is 7.37. The highest BCUT2D eigenvalue weighted by atomic mass is 32.2. The third kappa shape index (κ3) is 3.48. The van der Waals surface area contributed by atoms with E-state index in [0.717, 1.165) is 21.9 Å². The minimum Gasteiger partial charge on any atom is -0.321 e. The Labute approximate surface area is 167 Å². The highest BCUT2D eigenvalue weighted by Crippen LogP contribution is 2.42. The SMILES string of the molecule is CCCN1C(=O)c2ccccc2Sc2cc(NC(=O)c3cnccn3)ccc21. The Bertz CT molecular complexity index is 1040. The molecule has 0 radical (unpaired) electrons. The van der Waals surface area contributed by atoms with E-state index in [1.54, 1.807) is 6.07 Å². The van der Waals surface area contributed by atoms with Crippen LogP contribution in [0.25, 0.3) is 0 Å². The standard InChI is InChI=1S/C21H18N4O2S/c1-2-11-25-17-8-7-14(24-20(26)16-13-22-9-10-23-16)12-19(17)28-18-6-4-3-5-15(18)21(25)27/h3-10,12-13H,2,11H2,1H3,(H,24,26). The molecule has 0 saturated heterocycles. The Balaban J connectivity index is 1.71. The van der Waals surface area contributed by atoms with Gasteiger partial charge in [-0.25, -0.2) is 4.98 Å². The number of aromatic nitrogens is 2. The summed E-state index contributed by atoms with van der Waals surface area (Å²) in [7, 11) is 0. The van der Waals surface area contributed by atoms with Crippen LogP contribution in [0.4, 0.5) is 11.4 Å². The van der Waals surface area contributed by atoms with Gasteiger partial charge in [-0.3, -0.25) is 14.6 Å². The van der Waals surface area contributed by atoms with Crippen molar-refractivity contribution >= 4 is 35.0 Å². The molecule has 1 N–H and O–H groups in total. The predicted molar refractivity (Wildman–Crippen MR) is 109 cm³/mol. The third-order valence-electron chi connectivity index (χ3n) is 4.33. The second kappa shape index (κ2) is 7.82. The van der Waals surface area contributed by atoms with E-state index < -0.39 is 0 Å². The van der Waals surface area contributed by atoms with Gasteiger partial charge in [-0.2, -0.15) is 0 Å². The van der Waals surface area contributed by atoms with Crippen LogP contribution in [0.5, 0.6) is 0 Å². The maximum absolute atomic E-state index is 13.1. The summed E-state index contributed by atoms with van der Waals surface area (Å²) in [6, 6.07) is 13.2. The Hall–Kier alpha value is -3.19. The van der Waals surface area contributed by atoms with E-state index in [0.29, 0.717) is 17.8 Å². The number of hydrogen-bond acceptors (Lipinski definition) is 5.